The molecule has 0 aliphatic heterocycles. The van der Waals surface area contributed by atoms with Gasteiger partial charge in [0.25, 0.3) is 0 Å². The molecule has 64 valence electrons. The maximum atomic E-state index is 5.62. The van der Waals surface area contributed by atoms with Gasteiger partial charge in [-0.3, -0.25) is 0 Å². The number of halogens is 1. The van der Waals surface area contributed by atoms with E-state index in [4.69, 9.17) is 5.73 Å². The van der Waals surface area contributed by atoms with Crippen LogP contribution < -0.4 is 5.73 Å². The summed E-state index contributed by atoms with van der Waals surface area (Å²) in [6.07, 6.45) is 0. The minimum absolute atomic E-state index is 0. The summed E-state index contributed by atoms with van der Waals surface area (Å²) in [5.41, 5.74) is 8.76. The van der Waals surface area contributed by atoms with Gasteiger partial charge >= 0.3 is 0 Å². The van der Waals surface area contributed by atoms with Crippen LogP contribution in [0.2, 0.25) is 0 Å². The van der Waals surface area contributed by atoms with E-state index in [0.29, 0.717) is 0 Å². The Morgan fingerprint density at radius 1 is 1.25 bits per heavy atom. The van der Waals surface area contributed by atoms with Crippen LogP contribution in [-0.2, 0) is 0 Å². The van der Waals surface area contributed by atoms with Gasteiger partial charge in [-0.05, 0) is 31.2 Å². The van der Waals surface area contributed by atoms with Gasteiger partial charge in [-0.1, -0.05) is 0 Å². The SMILES string of the molecule is Cc1cc2cc(N)ccc2[nH]1.Cl. The van der Waals surface area contributed by atoms with Crippen molar-refractivity contribution < 1.29 is 0 Å². The van der Waals surface area contributed by atoms with E-state index in [2.05, 4.69) is 11.1 Å². The van der Waals surface area contributed by atoms with Crippen molar-refractivity contribution in [2.24, 2.45) is 0 Å². The maximum absolute atomic E-state index is 5.62. The molecule has 0 saturated carbocycles. The number of aromatic nitrogens is 1. The van der Waals surface area contributed by atoms with E-state index in [0.717, 1.165) is 11.2 Å². The molecule has 0 saturated heterocycles. The summed E-state index contributed by atoms with van der Waals surface area (Å²) in [5.74, 6) is 0. The molecular formula is C9H11ClN2. The predicted molar refractivity (Wildman–Crippen MR) is 54.7 cm³/mol. The molecule has 3 heteroatoms. The van der Waals surface area contributed by atoms with Crippen molar-refractivity contribution in [2.45, 2.75) is 6.92 Å². The van der Waals surface area contributed by atoms with Crippen LogP contribution in [0.1, 0.15) is 5.69 Å². The van der Waals surface area contributed by atoms with Crippen LogP contribution in [0.25, 0.3) is 10.9 Å². The van der Waals surface area contributed by atoms with Crippen LogP contribution in [0.15, 0.2) is 24.3 Å². The largest absolute Gasteiger partial charge is 0.399 e. The van der Waals surface area contributed by atoms with Crippen LogP contribution in [0.3, 0.4) is 0 Å². The lowest BCUT2D eigenvalue weighted by Gasteiger charge is -1.90. The number of hydrogen-bond donors (Lipinski definition) is 2. The van der Waals surface area contributed by atoms with Crippen molar-refractivity contribution >= 4 is 29.0 Å². The van der Waals surface area contributed by atoms with E-state index in [-0.39, 0.29) is 12.4 Å². The van der Waals surface area contributed by atoms with Crippen molar-refractivity contribution in [1.29, 1.82) is 0 Å². The predicted octanol–water partition coefficient (Wildman–Crippen LogP) is 2.48. The second-order valence-corrected chi connectivity index (χ2v) is 2.80. The molecular weight excluding hydrogens is 172 g/mol. The summed E-state index contributed by atoms with van der Waals surface area (Å²) in [6.45, 7) is 2.04. The van der Waals surface area contributed by atoms with Gasteiger partial charge in [-0.2, -0.15) is 0 Å². The standard InChI is InChI=1S/C9H10N2.ClH/c1-6-4-7-5-8(10)2-3-9(7)11-6;/h2-5,11H,10H2,1H3;1H. The number of aromatic amines is 1. The molecule has 2 rings (SSSR count). The van der Waals surface area contributed by atoms with Crippen molar-refractivity contribution in [3.8, 4) is 0 Å². The first-order chi connectivity index (χ1) is 5.25. The third-order valence-electron chi connectivity index (χ3n) is 1.78. The summed E-state index contributed by atoms with van der Waals surface area (Å²) in [5, 5.41) is 1.18. The fourth-order valence-electron chi connectivity index (χ4n) is 1.30. The van der Waals surface area contributed by atoms with Crippen LogP contribution in [0.4, 0.5) is 5.69 Å². The molecule has 2 aromatic rings. The maximum Gasteiger partial charge on any atom is 0.0457 e. The minimum atomic E-state index is 0. The average molecular weight is 183 g/mol. The highest BCUT2D eigenvalue weighted by Gasteiger charge is 1.95. The molecule has 1 aromatic carbocycles. The molecule has 0 aliphatic rings. The number of fused-ring (bicyclic) bond motifs is 1. The topological polar surface area (TPSA) is 41.8 Å². The van der Waals surface area contributed by atoms with E-state index >= 15 is 0 Å². The van der Waals surface area contributed by atoms with Crippen LogP contribution >= 0.6 is 12.4 Å². The van der Waals surface area contributed by atoms with Crippen molar-refractivity contribution in [2.75, 3.05) is 5.73 Å². The lowest BCUT2D eigenvalue weighted by Crippen LogP contribution is -1.81. The Morgan fingerprint density at radius 2 is 2.00 bits per heavy atom. The van der Waals surface area contributed by atoms with Gasteiger partial charge in [-0.25, -0.2) is 0 Å². The zero-order chi connectivity index (χ0) is 7.84. The first-order valence-corrected chi connectivity index (χ1v) is 3.60. The number of nitrogens with two attached hydrogens (primary N) is 1. The molecule has 1 aromatic heterocycles. The highest BCUT2D eigenvalue weighted by molar-refractivity contribution is 5.85. The Kier molecular flexibility index (Phi) is 2.29. The van der Waals surface area contributed by atoms with Gasteiger partial charge in [0.1, 0.15) is 0 Å². The fraction of sp³-hybridized carbons (Fsp3) is 0.111. The number of aryl methyl sites for hydroxylation is 1. The van der Waals surface area contributed by atoms with E-state index in [9.17, 15) is 0 Å². The molecule has 0 spiro atoms. The fourth-order valence-corrected chi connectivity index (χ4v) is 1.30. The van der Waals surface area contributed by atoms with E-state index in [1.54, 1.807) is 0 Å². The second-order valence-electron chi connectivity index (χ2n) is 2.80. The third-order valence-corrected chi connectivity index (χ3v) is 1.78. The van der Waals surface area contributed by atoms with Crippen molar-refractivity contribution in [3.63, 3.8) is 0 Å². The molecule has 12 heavy (non-hydrogen) atoms. The zero-order valence-corrected chi connectivity index (χ0v) is 7.61. The lowest BCUT2D eigenvalue weighted by atomic mass is 10.2. The van der Waals surface area contributed by atoms with E-state index in [1.807, 2.05) is 25.1 Å². The average Bonchev–Trinajstić information content (AvgIpc) is 2.27. The molecule has 0 fully saturated rings. The summed E-state index contributed by atoms with van der Waals surface area (Å²) < 4.78 is 0. The number of nitrogens with one attached hydrogen (secondary N) is 1. The first-order valence-electron chi connectivity index (χ1n) is 3.60. The van der Waals surface area contributed by atoms with Crippen LogP contribution in [0, 0.1) is 6.92 Å². The molecule has 0 unspecified atom stereocenters. The Balaban J connectivity index is 0.000000720. The quantitative estimate of drug-likeness (QED) is 0.604. The zero-order valence-electron chi connectivity index (χ0n) is 6.79. The molecule has 1 heterocycles. The number of H-pyrrole nitrogens is 1. The number of benzene rings is 1. The molecule has 2 nitrogen and oxygen atoms in total. The summed E-state index contributed by atoms with van der Waals surface area (Å²) in [7, 11) is 0. The lowest BCUT2D eigenvalue weighted by molar-refractivity contribution is 1.30. The summed E-state index contributed by atoms with van der Waals surface area (Å²) in [4.78, 5) is 3.23. The van der Waals surface area contributed by atoms with E-state index < -0.39 is 0 Å². The normalized spacial score (nSPS) is 9.75. The Morgan fingerprint density at radius 3 is 2.75 bits per heavy atom. The second kappa shape index (κ2) is 3.07. The number of anilines is 1. The van der Waals surface area contributed by atoms with Gasteiger partial charge < -0.3 is 10.7 Å². The third kappa shape index (κ3) is 1.38. The van der Waals surface area contributed by atoms with Crippen molar-refractivity contribution in [3.05, 3.63) is 30.0 Å². The summed E-state index contributed by atoms with van der Waals surface area (Å²) in [6, 6.07) is 7.96. The highest BCUT2D eigenvalue weighted by atomic mass is 35.5. The molecule has 0 aliphatic carbocycles. The van der Waals surface area contributed by atoms with Gasteiger partial charge in [0.05, 0.1) is 0 Å². The monoisotopic (exact) mass is 182 g/mol. The molecule has 0 atom stereocenters. The Bertz CT molecular complexity index is 392. The Hall–Kier alpha value is -1.15. The molecule has 0 bridgehead atoms. The number of hydrogen-bond acceptors (Lipinski definition) is 1. The summed E-state index contributed by atoms with van der Waals surface area (Å²) >= 11 is 0. The van der Waals surface area contributed by atoms with Gasteiger partial charge in [0.2, 0.25) is 0 Å². The smallest absolute Gasteiger partial charge is 0.0457 e. The molecule has 0 amide bonds. The molecule has 3 N–H and O–H groups in total. The molecule has 0 radical (unpaired) electrons. The highest BCUT2D eigenvalue weighted by Crippen LogP contribution is 2.17. The van der Waals surface area contributed by atoms with Gasteiger partial charge in [0.15, 0.2) is 0 Å². The van der Waals surface area contributed by atoms with Crippen LogP contribution in [0.5, 0.6) is 0 Å². The van der Waals surface area contributed by atoms with E-state index in [1.165, 1.54) is 11.1 Å². The van der Waals surface area contributed by atoms with Crippen molar-refractivity contribution in [1.82, 2.24) is 4.98 Å². The first kappa shape index (κ1) is 8.94. The number of nitrogen functional groups attached to an aromatic ring is 1. The minimum Gasteiger partial charge on any atom is -0.399 e. The van der Waals surface area contributed by atoms with Gasteiger partial charge in [0, 0.05) is 22.3 Å². The van der Waals surface area contributed by atoms with Crippen LogP contribution in [-0.4, -0.2) is 4.98 Å². The Labute approximate surface area is 77.2 Å². The van der Waals surface area contributed by atoms with Gasteiger partial charge in [-0.15, -0.1) is 12.4 Å². The number of rotatable bonds is 0.